The number of hydrazine groups is 2. The zero-order chi connectivity index (χ0) is 29.4. The van der Waals surface area contributed by atoms with Crippen LogP contribution in [0.2, 0.25) is 0 Å². The monoisotopic (exact) mass is 558 g/mol. The van der Waals surface area contributed by atoms with Crippen LogP contribution in [-0.4, -0.2) is 43.7 Å². The van der Waals surface area contributed by atoms with Gasteiger partial charge in [-0.15, -0.1) is 10.2 Å². The lowest BCUT2D eigenvalue weighted by atomic mass is 10.1. The first kappa shape index (κ1) is 26.2. The van der Waals surface area contributed by atoms with Crippen molar-refractivity contribution in [2.75, 3.05) is 22.3 Å². The Kier molecular flexibility index (Phi) is 6.55. The Morgan fingerprint density at radius 1 is 0.619 bits per heavy atom. The Morgan fingerprint density at radius 3 is 1.38 bits per heavy atom. The molecule has 0 aliphatic carbocycles. The number of amides is 2. The lowest BCUT2D eigenvalue weighted by Crippen LogP contribution is -2.37. The molecule has 2 aliphatic rings. The summed E-state index contributed by atoms with van der Waals surface area (Å²) < 4.78 is 0. The predicted octanol–water partition coefficient (Wildman–Crippen LogP) is 4.05. The van der Waals surface area contributed by atoms with Crippen LogP contribution in [0, 0.1) is 0 Å². The van der Waals surface area contributed by atoms with Gasteiger partial charge in [-0.25, -0.2) is 20.0 Å². The van der Waals surface area contributed by atoms with Gasteiger partial charge in [0.15, 0.2) is 11.6 Å². The number of benzene rings is 3. The minimum absolute atomic E-state index is 0.269. The standard InChI is InChI=1S/C30H26N10O2/c1-17-33-25(15-19-7-11-21(31)12-8-19)29(41)39(17)37-27-23-5-3-4-6-24(23)28(36-35-27)38-40-18(2)34-26(30(40)42)16-20-9-13-22(32)14-10-20/h3-16H,31-32H2,1-2H3,(H,35,37)(H,36,38)/b25-15-,26-16-. The fourth-order valence-corrected chi connectivity index (χ4v) is 4.50. The highest BCUT2D eigenvalue weighted by Gasteiger charge is 2.31. The van der Waals surface area contributed by atoms with Gasteiger partial charge in [0, 0.05) is 22.1 Å². The molecule has 0 saturated heterocycles. The molecule has 0 unspecified atom stereocenters. The van der Waals surface area contributed by atoms with Crippen molar-refractivity contribution in [2.45, 2.75) is 13.8 Å². The number of amidine groups is 2. The van der Waals surface area contributed by atoms with E-state index in [0.29, 0.717) is 45.5 Å². The second kappa shape index (κ2) is 10.5. The third-order valence-electron chi connectivity index (χ3n) is 6.66. The van der Waals surface area contributed by atoms with Crippen molar-refractivity contribution in [3.63, 3.8) is 0 Å². The Morgan fingerprint density at radius 2 is 1.00 bits per heavy atom. The number of aromatic nitrogens is 2. The van der Waals surface area contributed by atoms with Gasteiger partial charge in [0.1, 0.15) is 23.1 Å². The highest BCUT2D eigenvalue weighted by Crippen LogP contribution is 2.29. The lowest BCUT2D eigenvalue weighted by molar-refractivity contribution is -0.122. The van der Waals surface area contributed by atoms with Crippen molar-refractivity contribution < 1.29 is 9.59 Å². The van der Waals surface area contributed by atoms with E-state index in [2.05, 4.69) is 31.0 Å². The number of fused-ring (bicyclic) bond motifs is 1. The van der Waals surface area contributed by atoms with Crippen LogP contribution in [0.5, 0.6) is 0 Å². The summed E-state index contributed by atoms with van der Waals surface area (Å²) in [6.07, 6.45) is 3.38. The number of nitrogens with one attached hydrogen (secondary N) is 2. The lowest BCUT2D eigenvalue weighted by Gasteiger charge is -2.21. The van der Waals surface area contributed by atoms with E-state index in [1.165, 1.54) is 10.0 Å². The number of carbonyl (C=O) groups is 2. The number of rotatable bonds is 6. The number of aliphatic imine (C=N–C) groups is 2. The van der Waals surface area contributed by atoms with Crippen LogP contribution in [0.1, 0.15) is 25.0 Å². The number of hydrogen-bond donors (Lipinski definition) is 4. The maximum Gasteiger partial charge on any atom is 0.296 e. The van der Waals surface area contributed by atoms with Crippen LogP contribution >= 0.6 is 0 Å². The molecule has 1 aromatic heterocycles. The summed E-state index contributed by atoms with van der Waals surface area (Å²) in [5, 5.41) is 12.7. The fourth-order valence-electron chi connectivity index (χ4n) is 4.50. The Balaban J connectivity index is 1.24. The average Bonchev–Trinajstić information content (AvgIpc) is 3.40. The quantitative estimate of drug-likeness (QED) is 0.203. The van der Waals surface area contributed by atoms with E-state index in [1.54, 1.807) is 50.3 Å². The van der Waals surface area contributed by atoms with Crippen LogP contribution in [0.25, 0.3) is 22.9 Å². The molecule has 0 spiro atoms. The molecule has 4 aromatic rings. The third-order valence-corrected chi connectivity index (χ3v) is 6.66. The molecule has 12 heteroatoms. The van der Waals surface area contributed by atoms with E-state index in [0.717, 1.165) is 11.1 Å². The molecular formula is C30H26N10O2. The Hall–Kier alpha value is -6.04. The van der Waals surface area contributed by atoms with Crippen LogP contribution in [0.4, 0.5) is 23.0 Å². The molecule has 0 radical (unpaired) electrons. The van der Waals surface area contributed by atoms with Crippen LogP contribution < -0.4 is 22.3 Å². The summed E-state index contributed by atoms with van der Waals surface area (Å²) in [7, 11) is 0. The first-order chi connectivity index (χ1) is 20.3. The second-order valence-electron chi connectivity index (χ2n) is 9.66. The van der Waals surface area contributed by atoms with Crippen LogP contribution in [0.3, 0.4) is 0 Å². The fraction of sp³-hybridized carbons (Fsp3) is 0.0667. The largest absolute Gasteiger partial charge is 0.399 e. The summed E-state index contributed by atoms with van der Waals surface area (Å²) in [5.41, 5.74) is 21.0. The molecule has 2 aliphatic heterocycles. The topological polar surface area (TPSA) is 167 Å². The Labute approximate surface area is 240 Å². The molecule has 3 aromatic carbocycles. The van der Waals surface area contributed by atoms with Crippen LogP contribution in [0.15, 0.2) is 94.2 Å². The summed E-state index contributed by atoms with van der Waals surface area (Å²) in [5.74, 6) is 0.902. The molecule has 6 rings (SSSR count). The molecule has 2 amide bonds. The summed E-state index contributed by atoms with van der Waals surface area (Å²) in [4.78, 5) is 35.2. The van der Waals surface area contributed by atoms with Crippen molar-refractivity contribution in [1.29, 1.82) is 0 Å². The van der Waals surface area contributed by atoms with E-state index < -0.39 is 0 Å². The van der Waals surface area contributed by atoms with Gasteiger partial charge >= 0.3 is 0 Å². The normalized spacial score (nSPS) is 16.9. The van der Waals surface area contributed by atoms with Gasteiger partial charge in [0.2, 0.25) is 0 Å². The van der Waals surface area contributed by atoms with Gasteiger partial charge in [0.25, 0.3) is 11.8 Å². The number of nitrogens with zero attached hydrogens (tertiary/aromatic N) is 6. The molecule has 42 heavy (non-hydrogen) atoms. The third kappa shape index (κ3) is 4.99. The molecule has 6 N–H and O–H groups in total. The van der Waals surface area contributed by atoms with Gasteiger partial charge in [-0.3, -0.25) is 20.4 Å². The summed E-state index contributed by atoms with van der Waals surface area (Å²) >= 11 is 0. The molecular weight excluding hydrogens is 532 g/mol. The zero-order valence-electron chi connectivity index (χ0n) is 22.7. The van der Waals surface area contributed by atoms with Crippen LogP contribution in [-0.2, 0) is 9.59 Å². The van der Waals surface area contributed by atoms with Gasteiger partial charge in [-0.2, -0.15) is 0 Å². The van der Waals surface area contributed by atoms with E-state index in [9.17, 15) is 9.59 Å². The summed E-state index contributed by atoms with van der Waals surface area (Å²) in [6, 6.07) is 21.7. The molecule has 0 saturated carbocycles. The van der Waals surface area contributed by atoms with Gasteiger partial charge < -0.3 is 11.5 Å². The average molecular weight is 559 g/mol. The van der Waals surface area contributed by atoms with Gasteiger partial charge in [0.05, 0.1) is 0 Å². The highest BCUT2D eigenvalue weighted by atomic mass is 16.2. The second-order valence-corrected chi connectivity index (χ2v) is 9.66. The van der Waals surface area contributed by atoms with Crippen molar-refractivity contribution >= 4 is 69.4 Å². The predicted molar refractivity (Wildman–Crippen MR) is 164 cm³/mol. The van der Waals surface area contributed by atoms with Crippen molar-refractivity contribution in [3.8, 4) is 0 Å². The van der Waals surface area contributed by atoms with Gasteiger partial charge in [-0.1, -0.05) is 48.5 Å². The van der Waals surface area contributed by atoms with Crippen molar-refractivity contribution in [1.82, 2.24) is 20.2 Å². The summed E-state index contributed by atoms with van der Waals surface area (Å²) in [6.45, 7) is 3.44. The minimum atomic E-state index is -0.340. The van der Waals surface area contributed by atoms with Crippen molar-refractivity contribution in [3.05, 3.63) is 95.3 Å². The Bertz CT molecular complexity index is 1720. The number of nitrogens with two attached hydrogens (primary N) is 2. The van der Waals surface area contributed by atoms with E-state index in [4.69, 9.17) is 11.5 Å². The highest BCUT2D eigenvalue weighted by molar-refractivity contribution is 6.16. The number of carbonyl (C=O) groups excluding carboxylic acids is 2. The van der Waals surface area contributed by atoms with E-state index >= 15 is 0 Å². The molecule has 0 fully saturated rings. The van der Waals surface area contributed by atoms with E-state index in [1.807, 2.05) is 48.5 Å². The number of anilines is 4. The molecule has 0 atom stereocenters. The zero-order valence-corrected chi connectivity index (χ0v) is 22.7. The maximum atomic E-state index is 13.2. The molecule has 12 nitrogen and oxygen atoms in total. The first-order valence-electron chi connectivity index (χ1n) is 13.0. The number of nitrogen functional groups attached to an aromatic ring is 2. The van der Waals surface area contributed by atoms with Gasteiger partial charge in [-0.05, 0) is 61.4 Å². The maximum absolute atomic E-state index is 13.2. The molecule has 3 heterocycles. The van der Waals surface area contributed by atoms with Crippen molar-refractivity contribution in [2.24, 2.45) is 9.98 Å². The minimum Gasteiger partial charge on any atom is -0.399 e. The molecule has 208 valence electrons. The number of hydrogen-bond acceptors (Lipinski definition) is 10. The molecule has 0 bridgehead atoms. The first-order valence-corrected chi connectivity index (χ1v) is 13.0. The van der Waals surface area contributed by atoms with E-state index in [-0.39, 0.29) is 23.2 Å². The smallest absolute Gasteiger partial charge is 0.296 e. The SMILES string of the molecule is CC1=N/C(=C\c2ccc(N)cc2)C(=O)N1Nc1nnc(NN2C(=O)/C(=C/c3ccc(N)cc3)N=C2C)c2ccccc12.